The van der Waals surface area contributed by atoms with Crippen molar-refractivity contribution in [3.05, 3.63) is 34.9 Å². The molecule has 0 radical (unpaired) electrons. The molecule has 0 aliphatic heterocycles. The van der Waals surface area contributed by atoms with Gasteiger partial charge in [-0.15, -0.1) is 0 Å². The maximum absolute atomic E-state index is 10.1. The van der Waals surface area contributed by atoms with Crippen LogP contribution in [0.3, 0.4) is 0 Å². The molecule has 0 fully saturated rings. The van der Waals surface area contributed by atoms with Crippen LogP contribution in [-0.4, -0.2) is 18.7 Å². The average molecular weight is 243 g/mol. The number of halogens is 1. The monoisotopic (exact) mass is 242 g/mol. The maximum atomic E-state index is 10.1. The highest BCUT2D eigenvalue weighted by Gasteiger charge is 2.09. The largest absolute Gasteiger partial charge is 0.386 e. The normalized spacial score (nSPS) is 13.6. The molecular weight excluding hydrogens is 232 g/mol. The summed E-state index contributed by atoms with van der Waals surface area (Å²) in [5.74, 6) is 0.327. The van der Waals surface area contributed by atoms with Crippen molar-refractivity contribution in [2.75, 3.05) is 6.54 Å². The van der Waals surface area contributed by atoms with Crippen molar-refractivity contribution in [2.24, 2.45) is 10.7 Å². The quantitative estimate of drug-likeness (QED) is 0.367. The fourth-order valence-corrected chi connectivity index (χ4v) is 1.42. The predicted octanol–water partition coefficient (Wildman–Crippen LogP) is 1.87. The SMILES string of the molecule is NC(=NCC=O)C(S)c1ccc(Cl)cc1. The van der Waals surface area contributed by atoms with E-state index in [1.54, 1.807) is 12.1 Å². The molecule has 15 heavy (non-hydrogen) atoms. The van der Waals surface area contributed by atoms with E-state index in [0.29, 0.717) is 17.1 Å². The second-order valence-electron chi connectivity index (χ2n) is 2.89. The van der Waals surface area contributed by atoms with Crippen LogP contribution in [0.15, 0.2) is 29.3 Å². The van der Waals surface area contributed by atoms with Gasteiger partial charge >= 0.3 is 0 Å². The van der Waals surface area contributed by atoms with Gasteiger partial charge < -0.3 is 10.5 Å². The lowest BCUT2D eigenvalue weighted by Gasteiger charge is -2.10. The van der Waals surface area contributed by atoms with Crippen LogP contribution in [0.25, 0.3) is 0 Å². The number of rotatable bonds is 4. The Morgan fingerprint density at radius 1 is 1.53 bits per heavy atom. The Kier molecular flexibility index (Phi) is 4.65. The molecule has 0 amide bonds. The van der Waals surface area contributed by atoms with Crippen LogP contribution in [0.5, 0.6) is 0 Å². The Labute approximate surface area is 98.7 Å². The fourth-order valence-electron chi connectivity index (χ4n) is 1.04. The van der Waals surface area contributed by atoms with Crippen LogP contribution in [0.4, 0.5) is 0 Å². The van der Waals surface area contributed by atoms with Gasteiger partial charge in [0.1, 0.15) is 12.1 Å². The van der Waals surface area contributed by atoms with E-state index in [1.807, 2.05) is 12.1 Å². The molecule has 1 unspecified atom stereocenters. The van der Waals surface area contributed by atoms with Gasteiger partial charge in [0.25, 0.3) is 0 Å². The number of hydrogen-bond donors (Lipinski definition) is 2. The van der Waals surface area contributed by atoms with E-state index in [9.17, 15) is 4.79 Å². The molecule has 0 aliphatic carbocycles. The predicted molar refractivity (Wildman–Crippen MR) is 65.7 cm³/mol. The highest BCUT2D eigenvalue weighted by Crippen LogP contribution is 2.21. The lowest BCUT2D eigenvalue weighted by molar-refractivity contribution is -0.106. The van der Waals surface area contributed by atoms with Gasteiger partial charge in [0.15, 0.2) is 0 Å². The number of nitrogens with two attached hydrogens (primary N) is 1. The van der Waals surface area contributed by atoms with Gasteiger partial charge in [0.2, 0.25) is 0 Å². The Bertz CT molecular complexity index is 364. The van der Waals surface area contributed by atoms with Gasteiger partial charge in [-0.3, -0.25) is 4.99 Å². The molecule has 2 N–H and O–H groups in total. The summed E-state index contributed by atoms with van der Waals surface area (Å²) in [5, 5.41) is 0.352. The van der Waals surface area contributed by atoms with Crippen molar-refractivity contribution in [3.63, 3.8) is 0 Å². The summed E-state index contributed by atoms with van der Waals surface area (Å²) in [6.45, 7) is 0.0660. The van der Waals surface area contributed by atoms with E-state index in [1.165, 1.54) is 0 Å². The second-order valence-corrected chi connectivity index (χ2v) is 3.84. The van der Waals surface area contributed by atoms with E-state index >= 15 is 0 Å². The summed E-state index contributed by atoms with van der Waals surface area (Å²) >= 11 is 10.1. The van der Waals surface area contributed by atoms with Crippen LogP contribution in [0.1, 0.15) is 10.8 Å². The van der Waals surface area contributed by atoms with E-state index in [0.717, 1.165) is 5.56 Å². The Balaban J connectivity index is 2.79. The van der Waals surface area contributed by atoms with E-state index in [2.05, 4.69) is 17.6 Å². The van der Waals surface area contributed by atoms with Gasteiger partial charge in [0.05, 0.1) is 11.8 Å². The summed E-state index contributed by atoms with van der Waals surface area (Å²) < 4.78 is 0. The van der Waals surface area contributed by atoms with Crippen molar-refractivity contribution in [3.8, 4) is 0 Å². The zero-order chi connectivity index (χ0) is 11.3. The van der Waals surface area contributed by atoms with Crippen LogP contribution < -0.4 is 5.73 Å². The molecule has 80 valence electrons. The third-order valence-electron chi connectivity index (χ3n) is 1.81. The topological polar surface area (TPSA) is 55.4 Å². The van der Waals surface area contributed by atoms with Crippen LogP contribution in [0, 0.1) is 0 Å². The minimum atomic E-state index is -0.304. The minimum absolute atomic E-state index is 0.0660. The smallest absolute Gasteiger partial charge is 0.141 e. The second kappa shape index (κ2) is 5.78. The molecule has 1 aromatic carbocycles. The molecule has 1 atom stereocenters. The molecule has 0 saturated heterocycles. The fraction of sp³-hybridized carbons (Fsp3) is 0.200. The lowest BCUT2D eigenvalue weighted by Crippen LogP contribution is -2.18. The lowest BCUT2D eigenvalue weighted by atomic mass is 10.1. The molecule has 3 nitrogen and oxygen atoms in total. The summed E-state index contributed by atoms with van der Waals surface area (Å²) in [6.07, 6.45) is 0.690. The number of amidine groups is 1. The number of hydrogen-bond acceptors (Lipinski definition) is 3. The Morgan fingerprint density at radius 2 is 2.13 bits per heavy atom. The molecule has 0 saturated carbocycles. The van der Waals surface area contributed by atoms with Crippen LogP contribution >= 0.6 is 24.2 Å². The highest BCUT2D eigenvalue weighted by atomic mass is 35.5. The van der Waals surface area contributed by atoms with E-state index in [4.69, 9.17) is 17.3 Å². The number of aldehydes is 1. The molecule has 0 bridgehead atoms. The van der Waals surface area contributed by atoms with Gasteiger partial charge in [-0.2, -0.15) is 12.6 Å². The summed E-state index contributed by atoms with van der Waals surface area (Å²) in [5.41, 5.74) is 6.55. The number of benzene rings is 1. The van der Waals surface area contributed by atoms with Gasteiger partial charge in [-0.1, -0.05) is 23.7 Å². The first-order chi connectivity index (χ1) is 7.15. The van der Waals surface area contributed by atoms with Gasteiger partial charge in [0, 0.05) is 5.02 Å². The van der Waals surface area contributed by atoms with E-state index < -0.39 is 0 Å². The number of thiol groups is 1. The zero-order valence-corrected chi connectivity index (χ0v) is 9.58. The highest BCUT2D eigenvalue weighted by molar-refractivity contribution is 7.81. The number of carbonyl (C=O) groups excluding carboxylic acids is 1. The van der Waals surface area contributed by atoms with Crippen molar-refractivity contribution in [1.82, 2.24) is 0 Å². The molecule has 1 aromatic rings. The number of nitrogens with zero attached hydrogens (tertiary/aromatic N) is 1. The molecular formula is C10H11ClN2OS. The number of carbonyl (C=O) groups is 1. The minimum Gasteiger partial charge on any atom is -0.386 e. The molecule has 0 aromatic heterocycles. The molecule has 0 spiro atoms. The van der Waals surface area contributed by atoms with Crippen molar-refractivity contribution >= 4 is 36.4 Å². The Hall–Kier alpha value is -1.00. The van der Waals surface area contributed by atoms with Gasteiger partial charge in [-0.25, -0.2) is 0 Å². The molecule has 0 aliphatic rings. The third-order valence-corrected chi connectivity index (χ3v) is 2.63. The molecule has 0 heterocycles. The van der Waals surface area contributed by atoms with Crippen molar-refractivity contribution < 1.29 is 4.79 Å². The average Bonchev–Trinajstić information content (AvgIpc) is 2.26. The zero-order valence-electron chi connectivity index (χ0n) is 7.93. The first-order valence-corrected chi connectivity index (χ1v) is 5.21. The number of aliphatic imine (C=N–C) groups is 1. The van der Waals surface area contributed by atoms with E-state index in [-0.39, 0.29) is 11.8 Å². The molecule has 1 rings (SSSR count). The van der Waals surface area contributed by atoms with Crippen LogP contribution in [0.2, 0.25) is 5.02 Å². The van der Waals surface area contributed by atoms with Crippen molar-refractivity contribution in [2.45, 2.75) is 5.25 Å². The summed E-state index contributed by atoms with van der Waals surface area (Å²) in [7, 11) is 0. The maximum Gasteiger partial charge on any atom is 0.141 e. The third kappa shape index (κ3) is 3.57. The molecule has 5 heteroatoms. The summed E-state index contributed by atoms with van der Waals surface area (Å²) in [4.78, 5) is 14.0. The van der Waals surface area contributed by atoms with Gasteiger partial charge in [-0.05, 0) is 17.7 Å². The first-order valence-electron chi connectivity index (χ1n) is 4.32. The van der Waals surface area contributed by atoms with Crippen LogP contribution in [-0.2, 0) is 4.79 Å². The summed E-state index contributed by atoms with van der Waals surface area (Å²) in [6, 6.07) is 7.16. The Morgan fingerprint density at radius 3 is 2.67 bits per heavy atom. The first kappa shape index (κ1) is 12.1. The standard InChI is InChI=1S/C10H11ClN2OS/c11-8-3-1-7(2-4-8)9(15)10(12)13-5-6-14/h1-4,6,9,15H,5H2,(H2,12,13). The van der Waals surface area contributed by atoms with Crippen molar-refractivity contribution in [1.29, 1.82) is 0 Å².